The summed E-state index contributed by atoms with van der Waals surface area (Å²) < 4.78 is 40.5. The number of halogens is 3. The van der Waals surface area contributed by atoms with E-state index in [1.54, 1.807) is 11.9 Å². The van der Waals surface area contributed by atoms with Gasteiger partial charge in [-0.3, -0.25) is 4.79 Å². The lowest BCUT2D eigenvalue weighted by molar-refractivity contribution is -0.137. The fraction of sp³-hybridized carbons (Fsp3) is 0.269. The number of amides is 1. The van der Waals surface area contributed by atoms with E-state index in [0.29, 0.717) is 6.42 Å². The van der Waals surface area contributed by atoms with Crippen molar-refractivity contribution >= 4 is 29.2 Å². The number of carbonyl (C=O) groups is 1. The molecule has 1 fully saturated rings. The van der Waals surface area contributed by atoms with Gasteiger partial charge < -0.3 is 10.6 Å². The van der Waals surface area contributed by atoms with Gasteiger partial charge in [-0.1, -0.05) is 18.2 Å². The maximum absolute atomic E-state index is 12.7. The summed E-state index contributed by atoms with van der Waals surface area (Å²) in [5, 5.41) is 6.22. The Bertz CT molecular complexity index is 1170. The first kappa shape index (κ1) is 22.8. The minimum atomic E-state index is -4.31. The first-order valence-corrected chi connectivity index (χ1v) is 12.0. The summed E-state index contributed by atoms with van der Waals surface area (Å²) in [7, 11) is 0. The molecule has 0 saturated carbocycles. The second-order valence-electron chi connectivity index (χ2n) is 8.64. The van der Waals surface area contributed by atoms with Gasteiger partial charge in [0.15, 0.2) is 0 Å². The van der Waals surface area contributed by atoms with Gasteiger partial charge in [-0.05, 0) is 90.0 Å². The fourth-order valence-corrected chi connectivity index (χ4v) is 5.30. The molecule has 176 valence electrons. The van der Waals surface area contributed by atoms with Crippen LogP contribution in [0.3, 0.4) is 0 Å². The Kier molecular flexibility index (Phi) is 6.27. The molecule has 0 atom stereocenters. The Hall–Kier alpha value is -2.97. The predicted molar refractivity (Wildman–Crippen MR) is 130 cm³/mol. The number of fused-ring (bicyclic) bond motifs is 1. The molecule has 3 aromatic carbocycles. The second-order valence-corrected chi connectivity index (χ2v) is 9.81. The highest BCUT2D eigenvalue weighted by molar-refractivity contribution is 7.97. The van der Waals surface area contributed by atoms with E-state index >= 15 is 0 Å². The van der Waals surface area contributed by atoms with Gasteiger partial charge in [0, 0.05) is 35.4 Å². The molecular weight excluding hydrogens is 459 g/mol. The van der Waals surface area contributed by atoms with Crippen molar-refractivity contribution in [1.82, 2.24) is 4.31 Å². The van der Waals surface area contributed by atoms with Crippen LogP contribution in [-0.4, -0.2) is 29.3 Å². The van der Waals surface area contributed by atoms with Crippen molar-refractivity contribution in [1.29, 1.82) is 0 Å². The Morgan fingerprint density at radius 1 is 0.912 bits per heavy atom. The van der Waals surface area contributed by atoms with Crippen molar-refractivity contribution < 1.29 is 18.0 Å². The molecule has 34 heavy (non-hydrogen) atoms. The first-order valence-electron chi connectivity index (χ1n) is 11.2. The molecule has 0 spiro atoms. The third-order valence-electron chi connectivity index (χ3n) is 6.19. The molecule has 0 radical (unpaired) electrons. The zero-order chi connectivity index (χ0) is 23.7. The summed E-state index contributed by atoms with van der Waals surface area (Å²) in [6.07, 6.45) is -2.03. The Labute approximate surface area is 200 Å². The fourth-order valence-electron chi connectivity index (χ4n) is 4.35. The average molecular weight is 484 g/mol. The van der Waals surface area contributed by atoms with Crippen molar-refractivity contribution in [3.8, 4) is 11.1 Å². The molecule has 0 aromatic heterocycles. The molecule has 8 heteroatoms. The largest absolute Gasteiger partial charge is 0.416 e. The zero-order valence-electron chi connectivity index (χ0n) is 18.4. The number of benzene rings is 3. The van der Waals surface area contributed by atoms with Crippen LogP contribution in [0.4, 0.5) is 24.5 Å². The molecule has 1 saturated heterocycles. The van der Waals surface area contributed by atoms with Crippen molar-refractivity contribution in [2.24, 2.45) is 0 Å². The third-order valence-corrected chi connectivity index (χ3v) is 7.30. The van der Waals surface area contributed by atoms with E-state index in [9.17, 15) is 18.0 Å². The highest BCUT2D eigenvalue weighted by atomic mass is 32.2. The Morgan fingerprint density at radius 3 is 2.26 bits per heavy atom. The lowest BCUT2D eigenvalue weighted by Gasteiger charge is -2.32. The van der Waals surface area contributed by atoms with Crippen molar-refractivity contribution in [3.05, 3.63) is 77.9 Å². The van der Waals surface area contributed by atoms with Gasteiger partial charge in [0.1, 0.15) is 0 Å². The Morgan fingerprint density at radius 2 is 1.59 bits per heavy atom. The van der Waals surface area contributed by atoms with Gasteiger partial charge in [0.05, 0.1) is 12.0 Å². The van der Waals surface area contributed by atoms with Crippen LogP contribution in [0.15, 0.2) is 71.6 Å². The summed E-state index contributed by atoms with van der Waals surface area (Å²) in [6.45, 7) is 1.80. The minimum Gasteiger partial charge on any atom is -0.382 e. The van der Waals surface area contributed by atoms with Crippen LogP contribution < -0.4 is 10.6 Å². The third kappa shape index (κ3) is 5.23. The zero-order valence-corrected chi connectivity index (χ0v) is 19.2. The van der Waals surface area contributed by atoms with Crippen LogP contribution in [0.2, 0.25) is 0 Å². The molecule has 2 aliphatic heterocycles. The smallest absolute Gasteiger partial charge is 0.382 e. The number of piperidine rings is 1. The maximum atomic E-state index is 12.7. The van der Waals surface area contributed by atoms with Gasteiger partial charge in [0.2, 0.25) is 5.91 Å². The molecule has 2 aliphatic rings. The van der Waals surface area contributed by atoms with E-state index in [1.807, 2.05) is 12.1 Å². The van der Waals surface area contributed by atoms with Crippen LogP contribution in [0.5, 0.6) is 0 Å². The summed E-state index contributed by atoms with van der Waals surface area (Å²) in [6, 6.07) is 20.0. The van der Waals surface area contributed by atoms with Crippen molar-refractivity contribution in [2.45, 2.75) is 36.4 Å². The number of hydrogen-bond donors (Lipinski definition) is 2. The topological polar surface area (TPSA) is 44.4 Å². The number of nitrogens with zero attached hydrogens (tertiary/aromatic N) is 1. The van der Waals surface area contributed by atoms with Crippen LogP contribution in [0.25, 0.3) is 11.1 Å². The first-order chi connectivity index (χ1) is 16.3. The summed E-state index contributed by atoms with van der Waals surface area (Å²) in [4.78, 5) is 12.7. The van der Waals surface area contributed by atoms with E-state index in [4.69, 9.17) is 0 Å². The van der Waals surface area contributed by atoms with E-state index < -0.39 is 11.7 Å². The summed E-state index contributed by atoms with van der Waals surface area (Å²) >= 11 is 1.73. The number of hydrogen-bond acceptors (Lipinski definition) is 4. The van der Waals surface area contributed by atoms with Crippen LogP contribution in [-0.2, 0) is 17.4 Å². The van der Waals surface area contributed by atoms with Gasteiger partial charge in [-0.25, -0.2) is 4.31 Å². The minimum absolute atomic E-state index is 0.0391. The van der Waals surface area contributed by atoms with E-state index in [-0.39, 0.29) is 11.9 Å². The number of nitrogens with one attached hydrogen (secondary N) is 2. The van der Waals surface area contributed by atoms with Gasteiger partial charge in [-0.15, -0.1) is 0 Å². The standard InChI is InChI=1S/C26H24F3N3OS/c27-26(28,29)20-4-6-21(7-5-20)30-22-11-13-32(14-12-22)34-23-8-1-17(2-9-23)18-3-10-24-19(15-18)16-25(33)31-24/h1-10,15,22,30H,11-14,16H2,(H,31,33). The lowest BCUT2D eigenvalue weighted by atomic mass is 10.0. The highest BCUT2D eigenvalue weighted by Crippen LogP contribution is 2.33. The molecule has 3 aromatic rings. The van der Waals surface area contributed by atoms with Crippen molar-refractivity contribution in [2.75, 3.05) is 23.7 Å². The molecular formula is C26H24F3N3OS. The normalized spacial score (nSPS) is 16.9. The van der Waals surface area contributed by atoms with Gasteiger partial charge in [-0.2, -0.15) is 13.2 Å². The molecule has 5 rings (SSSR count). The molecule has 0 aliphatic carbocycles. The highest BCUT2D eigenvalue weighted by Gasteiger charge is 2.30. The maximum Gasteiger partial charge on any atom is 0.416 e. The van der Waals surface area contributed by atoms with Crippen LogP contribution >= 0.6 is 11.9 Å². The number of anilines is 2. The number of alkyl halides is 3. The number of carbonyl (C=O) groups excluding carboxylic acids is 1. The average Bonchev–Trinajstić information content (AvgIpc) is 3.20. The SMILES string of the molecule is O=C1Cc2cc(-c3ccc(SN4CCC(Nc5ccc(C(F)(F)F)cc5)CC4)cc3)ccc2N1. The Balaban J connectivity index is 1.13. The predicted octanol–water partition coefficient (Wildman–Crippen LogP) is 6.45. The monoisotopic (exact) mass is 483 g/mol. The van der Waals surface area contributed by atoms with E-state index in [1.165, 1.54) is 12.1 Å². The summed E-state index contributed by atoms with van der Waals surface area (Å²) in [5.74, 6) is 0.0391. The molecule has 0 bridgehead atoms. The summed E-state index contributed by atoms with van der Waals surface area (Å²) in [5.41, 5.74) is 4.25. The lowest BCUT2D eigenvalue weighted by Crippen LogP contribution is -2.35. The number of rotatable bonds is 5. The van der Waals surface area contributed by atoms with E-state index in [0.717, 1.165) is 71.0 Å². The quantitative estimate of drug-likeness (QED) is 0.410. The van der Waals surface area contributed by atoms with Crippen molar-refractivity contribution in [3.63, 3.8) is 0 Å². The van der Waals surface area contributed by atoms with Gasteiger partial charge >= 0.3 is 6.18 Å². The molecule has 2 heterocycles. The van der Waals surface area contributed by atoms with E-state index in [2.05, 4.69) is 45.3 Å². The molecule has 0 unspecified atom stereocenters. The second kappa shape index (κ2) is 9.35. The molecule has 1 amide bonds. The molecule has 2 N–H and O–H groups in total. The molecule has 4 nitrogen and oxygen atoms in total. The van der Waals surface area contributed by atoms with Crippen LogP contribution in [0, 0.1) is 0 Å². The van der Waals surface area contributed by atoms with Gasteiger partial charge in [0.25, 0.3) is 0 Å². The van der Waals surface area contributed by atoms with Crippen LogP contribution in [0.1, 0.15) is 24.0 Å².